The van der Waals surface area contributed by atoms with Gasteiger partial charge in [0, 0.05) is 19.5 Å². The highest BCUT2D eigenvalue weighted by Gasteiger charge is 2.23. The quantitative estimate of drug-likeness (QED) is 0.640. The van der Waals surface area contributed by atoms with E-state index in [0.717, 1.165) is 18.4 Å². The van der Waals surface area contributed by atoms with Gasteiger partial charge in [-0.25, -0.2) is 0 Å². The number of rotatable bonds is 3. The number of nitriles is 1. The largest absolute Gasteiger partial charge is 0.302 e. The van der Waals surface area contributed by atoms with Gasteiger partial charge in [-0.15, -0.1) is 0 Å². The van der Waals surface area contributed by atoms with Crippen molar-refractivity contribution in [2.75, 3.05) is 19.6 Å². The summed E-state index contributed by atoms with van der Waals surface area (Å²) in [5.74, 6) is 1.67. The molecule has 0 unspecified atom stereocenters. The molecule has 0 amide bonds. The van der Waals surface area contributed by atoms with Gasteiger partial charge < -0.3 is 4.90 Å². The molecule has 1 fully saturated rings. The topological polar surface area (TPSA) is 27.0 Å². The fourth-order valence-electron chi connectivity index (χ4n) is 1.82. The molecule has 0 aromatic heterocycles. The minimum atomic E-state index is 0.685. The van der Waals surface area contributed by atoms with Crippen LogP contribution in [-0.2, 0) is 0 Å². The van der Waals surface area contributed by atoms with E-state index in [1.165, 1.54) is 19.5 Å². The second-order valence-electron chi connectivity index (χ2n) is 4.00. The number of likely N-dealkylation sites (tertiary alicyclic amines) is 1. The molecule has 0 saturated carbocycles. The standard InChI is InChI=1S/C10H18N2/c1-9(2)10-4-7-12(8-10)6-3-5-11/h9-10H,3-4,6-8H2,1-2H3/t10-/m0/s1. The average molecular weight is 166 g/mol. The highest BCUT2D eigenvalue weighted by molar-refractivity contribution is 4.80. The molecule has 2 heteroatoms. The van der Waals surface area contributed by atoms with Gasteiger partial charge >= 0.3 is 0 Å². The Balaban J connectivity index is 2.22. The molecular formula is C10H18N2. The molecule has 0 aromatic carbocycles. The summed E-state index contributed by atoms with van der Waals surface area (Å²) in [6.07, 6.45) is 2.01. The fourth-order valence-corrected chi connectivity index (χ4v) is 1.82. The van der Waals surface area contributed by atoms with E-state index in [4.69, 9.17) is 5.26 Å². The van der Waals surface area contributed by atoms with Crippen molar-refractivity contribution in [2.45, 2.75) is 26.7 Å². The molecule has 0 spiro atoms. The van der Waals surface area contributed by atoms with E-state index < -0.39 is 0 Å². The maximum absolute atomic E-state index is 8.43. The van der Waals surface area contributed by atoms with Crippen LogP contribution in [0.15, 0.2) is 0 Å². The van der Waals surface area contributed by atoms with Crippen molar-refractivity contribution in [3.8, 4) is 6.07 Å². The van der Waals surface area contributed by atoms with Crippen LogP contribution in [0.4, 0.5) is 0 Å². The van der Waals surface area contributed by atoms with Crippen LogP contribution in [0, 0.1) is 23.2 Å². The first-order valence-electron chi connectivity index (χ1n) is 4.83. The van der Waals surface area contributed by atoms with Crippen LogP contribution in [-0.4, -0.2) is 24.5 Å². The molecule has 1 heterocycles. The Kier molecular flexibility index (Phi) is 3.55. The van der Waals surface area contributed by atoms with Crippen molar-refractivity contribution < 1.29 is 0 Å². The Labute approximate surface area is 75.2 Å². The predicted octanol–water partition coefficient (Wildman–Crippen LogP) is 1.88. The first kappa shape index (κ1) is 9.54. The van der Waals surface area contributed by atoms with Gasteiger partial charge in [-0.2, -0.15) is 5.26 Å². The lowest BCUT2D eigenvalue weighted by Gasteiger charge is -2.16. The molecular weight excluding hydrogens is 148 g/mol. The van der Waals surface area contributed by atoms with Crippen molar-refractivity contribution in [1.29, 1.82) is 5.26 Å². The van der Waals surface area contributed by atoms with Crippen molar-refractivity contribution >= 4 is 0 Å². The third kappa shape index (κ3) is 2.49. The van der Waals surface area contributed by atoms with Crippen molar-refractivity contribution in [1.82, 2.24) is 4.90 Å². The van der Waals surface area contributed by atoms with Gasteiger partial charge in [0.1, 0.15) is 0 Å². The molecule has 1 aliphatic heterocycles. The Morgan fingerprint density at radius 2 is 2.33 bits per heavy atom. The van der Waals surface area contributed by atoms with E-state index in [-0.39, 0.29) is 0 Å². The van der Waals surface area contributed by atoms with Gasteiger partial charge in [0.2, 0.25) is 0 Å². The molecule has 1 saturated heterocycles. The van der Waals surface area contributed by atoms with Gasteiger partial charge in [-0.05, 0) is 24.8 Å². The summed E-state index contributed by atoms with van der Waals surface area (Å²) in [4.78, 5) is 2.41. The summed E-state index contributed by atoms with van der Waals surface area (Å²) in [7, 11) is 0. The van der Waals surface area contributed by atoms with Crippen molar-refractivity contribution in [2.24, 2.45) is 11.8 Å². The van der Waals surface area contributed by atoms with Crippen LogP contribution in [0.1, 0.15) is 26.7 Å². The first-order chi connectivity index (χ1) is 5.74. The van der Waals surface area contributed by atoms with Crippen molar-refractivity contribution in [3.63, 3.8) is 0 Å². The van der Waals surface area contributed by atoms with E-state index in [1.807, 2.05) is 0 Å². The molecule has 68 valence electrons. The highest BCUT2D eigenvalue weighted by Crippen LogP contribution is 2.23. The average Bonchev–Trinajstić information content (AvgIpc) is 2.48. The number of hydrogen-bond donors (Lipinski definition) is 0. The Bertz CT molecular complexity index is 169. The van der Waals surface area contributed by atoms with E-state index in [1.54, 1.807) is 0 Å². The third-order valence-corrected chi connectivity index (χ3v) is 2.79. The molecule has 0 aliphatic carbocycles. The van der Waals surface area contributed by atoms with Crippen LogP contribution < -0.4 is 0 Å². The minimum Gasteiger partial charge on any atom is -0.302 e. The lowest BCUT2D eigenvalue weighted by Crippen LogP contribution is -2.22. The van der Waals surface area contributed by atoms with Crippen LogP contribution in [0.25, 0.3) is 0 Å². The van der Waals surface area contributed by atoms with Crippen LogP contribution in [0.2, 0.25) is 0 Å². The smallest absolute Gasteiger partial charge is 0.0635 e. The van der Waals surface area contributed by atoms with E-state index in [9.17, 15) is 0 Å². The summed E-state index contributed by atoms with van der Waals surface area (Å²) < 4.78 is 0. The van der Waals surface area contributed by atoms with Gasteiger partial charge in [0.05, 0.1) is 6.07 Å². The Hall–Kier alpha value is -0.550. The summed E-state index contributed by atoms with van der Waals surface area (Å²) in [6.45, 7) is 7.96. The van der Waals surface area contributed by atoms with Crippen LogP contribution >= 0.6 is 0 Å². The normalized spacial score (nSPS) is 24.7. The van der Waals surface area contributed by atoms with Crippen LogP contribution in [0.5, 0.6) is 0 Å². The Morgan fingerprint density at radius 1 is 1.58 bits per heavy atom. The molecule has 12 heavy (non-hydrogen) atoms. The summed E-state index contributed by atoms with van der Waals surface area (Å²) >= 11 is 0. The molecule has 1 aliphatic rings. The first-order valence-corrected chi connectivity index (χ1v) is 4.83. The summed E-state index contributed by atoms with van der Waals surface area (Å²) in [6, 6.07) is 2.20. The van der Waals surface area contributed by atoms with Gasteiger partial charge in [-0.1, -0.05) is 13.8 Å². The molecule has 0 N–H and O–H groups in total. The summed E-state index contributed by atoms with van der Waals surface area (Å²) in [5, 5.41) is 8.43. The lowest BCUT2D eigenvalue weighted by atomic mass is 9.95. The monoisotopic (exact) mass is 166 g/mol. The zero-order valence-electron chi connectivity index (χ0n) is 8.08. The number of hydrogen-bond acceptors (Lipinski definition) is 2. The van der Waals surface area contributed by atoms with Crippen molar-refractivity contribution in [3.05, 3.63) is 0 Å². The zero-order valence-corrected chi connectivity index (χ0v) is 8.08. The van der Waals surface area contributed by atoms with E-state index in [0.29, 0.717) is 6.42 Å². The maximum Gasteiger partial charge on any atom is 0.0635 e. The summed E-state index contributed by atoms with van der Waals surface area (Å²) in [5.41, 5.74) is 0. The number of nitrogens with zero attached hydrogens (tertiary/aromatic N) is 2. The molecule has 0 bridgehead atoms. The minimum absolute atomic E-state index is 0.685. The molecule has 1 atom stereocenters. The zero-order chi connectivity index (χ0) is 8.97. The second-order valence-corrected chi connectivity index (χ2v) is 4.00. The van der Waals surface area contributed by atoms with E-state index in [2.05, 4.69) is 24.8 Å². The Morgan fingerprint density at radius 3 is 2.83 bits per heavy atom. The highest BCUT2D eigenvalue weighted by atomic mass is 15.1. The van der Waals surface area contributed by atoms with Gasteiger partial charge in [-0.3, -0.25) is 0 Å². The predicted molar refractivity (Wildman–Crippen MR) is 49.6 cm³/mol. The molecule has 0 aromatic rings. The van der Waals surface area contributed by atoms with Gasteiger partial charge in [0.25, 0.3) is 0 Å². The fraction of sp³-hybridized carbons (Fsp3) is 0.900. The molecule has 2 nitrogen and oxygen atoms in total. The molecule has 1 rings (SSSR count). The molecule has 0 radical (unpaired) electrons. The van der Waals surface area contributed by atoms with E-state index >= 15 is 0 Å². The second kappa shape index (κ2) is 4.47. The SMILES string of the molecule is CC(C)[C@H]1CCN(CCC#N)C1. The van der Waals surface area contributed by atoms with Gasteiger partial charge in [0.15, 0.2) is 0 Å². The lowest BCUT2D eigenvalue weighted by molar-refractivity contribution is 0.309. The third-order valence-electron chi connectivity index (χ3n) is 2.79. The van der Waals surface area contributed by atoms with Crippen LogP contribution in [0.3, 0.4) is 0 Å². The maximum atomic E-state index is 8.43.